The molecule has 58 valence electrons. The highest BCUT2D eigenvalue weighted by atomic mass is 16.7. The highest BCUT2D eigenvalue weighted by molar-refractivity contribution is 4.96. The SMILES string of the molecule is CO[C@@H]1OC[C@@H](O)[C@@H]2O[C@H]12. The standard InChI is InChI=1S/C6H10O4/c1-8-6-5-4(10-5)3(7)2-9-6/h3-7H,2H2,1H3/t3-,4+,5+,6-/m1/s1. The molecular formula is C6H10O4. The Morgan fingerprint density at radius 3 is 3.00 bits per heavy atom. The van der Waals surface area contributed by atoms with Crippen LogP contribution < -0.4 is 0 Å². The first-order chi connectivity index (χ1) is 4.83. The van der Waals surface area contributed by atoms with Crippen molar-refractivity contribution in [1.82, 2.24) is 0 Å². The van der Waals surface area contributed by atoms with Crippen LogP contribution >= 0.6 is 0 Å². The molecule has 0 radical (unpaired) electrons. The molecule has 0 spiro atoms. The zero-order valence-corrected chi connectivity index (χ0v) is 5.69. The van der Waals surface area contributed by atoms with E-state index in [0.717, 1.165) is 0 Å². The van der Waals surface area contributed by atoms with Crippen LogP contribution in [0.25, 0.3) is 0 Å². The lowest BCUT2D eigenvalue weighted by Crippen LogP contribution is -2.38. The van der Waals surface area contributed by atoms with E-state index in [9.17, 15) is 0 Å². The normalized spacial score (nSPS) is 52.2. The summed E-state index contributed by atoms with van der Waals surface area (Å²) in [7, 11) is 1.57. The molecule has 2 aliphatic heterocycles. The average molecular weight is 146 g/mol. The fourth-order valence-corrected chi connectivity index (χ4v) is 1.25. The van der Waals surface area contributed by atoms with Crippen LogP contribution in [0.1, 0.15) is 0 Å². The molecule has 2 fully saturated rings. The predicted octanol–water partition coefficient (Wildman–Crippen LogP) is -0.883. The molecule has 0 bridgehead atoms. The molecule has 2 heterocycles. The lowest BCUT2D eigenvalue weighted by Gasteiger charge is -2.20. The lowest BCUT2D eigenvalue weighted by molar-refractivity contribution is -0.161. The number of rotatable bonds is 1. The first-order valence-corrected chi connectivity index (χ1v) is 3.31. The third-order valence-corrected chi connectivity index (χ3v) is 1.87. The molecule has 0 aromatic heterocycles. The molecule has 0 saturated carbocycles. The Hall–Kier alpha value is -0.160. The number of hydrogen-bond donors (Lipinski definition) is 1. The summed E-state index contributed by atoms with van der Waals surface area (Å²) in [5.41, 5.74) is 0. The summed E-state index contributed by atoms with van der Waals surface area (Å²) in [5.74, 6) is 0. The van der Waals surface area contributed by atoms with Crippen LogP contribution in [-0.2, 0) is 14.2 Å². The molecule has 2 saturated heterocycles. The van der Waals surface area contributed by atoms with Gasteiger partial charge in [0.2, 0.25) is 0 Å². The van der Waals surface area contributed by atoms with E-state index in [2.05, 4.69) is 0 Å². The Balaban J connectivity index is 1.95. The van der Waals surface area contributed by atoms with Gasteiger partial charge in [-0.05, 0) is 0 Å². The van der Waals surface area contributed by atoms with Crippen molar-refractivity contribution in [3.63, 3.8) is 0 Å². The highest BCUT2D eigenvalue weighted by Gasteiger charge is 2.53. The van der Waals surface area contributed by atoms with Gasteiger partial charge in [0.05, 0.1) is 6.61 Å². The molecule has 2 aliphatic rings. The van der Waals surface area contributed by atoms with Gasteiger partial charge in [-0.1, -0.05) is 0 Å². The van der Waals surface area contributed by atoms with E-state index in [4.69, 9.17) is 19.3 Å². The molecule has 10 heavy (non-hydrogen) atoms. The number of ether oxygens (including phenoxy) is 3. The number of methoxy groups -OCH3 is 1. The first-order valence-electron chi connectivity index (χ1n) is 3.31. The maximum atomic E-state index is 9.13. The predicted molar refractivity (Wildman–Crippen MR) is 31.4 cm³/mol. The van der Waals surface area contributed by atoms with Crippen molar-refractivity contribution in [3.8, 4) is 0 Å². The van der Waals surface area contributed by atoms with Gasteiger partial charge >= 0.3 is 0 Å². The van der Waals surface area contributed by atoms with Gasteiger partial charge in [0.15, 0.2) is 6.29 Å². The molecule has 0 unspecified atom stereocenters. The summed E-state index contributed by atoms with van der Waals surface area (Å²) >= 11 is 0. The maximum absolute atomic E-state index is 9.13. The molecule has 4 heteroatoms. The van der Waals surface area contributed by atoms with E-state index in [1.54, 1.807) is 7.11 Å². The third-order valence-electron chi connectivity index (χ3n) is 1.87. The van der Waals surface area contributed by atoms with Crippen molar-refractivity contribution in [3.05, 3.63) is 0 Å². The second-order valence-electron chi connectivity index (χ2n) is 2.57. The third kappa shape index (κ3) is 0.845. The molecule has 0 amide bonds. The molecule has 4 nitrogen and oxygen atoms in total. The van der Waals surface area contributed by atoms with Crippen LogP contribution in [0.15, 0.2) is 0 Å². The van der Waals surface area contributed by atoms with E-state index in [1.165, 1.54) is 0 Å². The lowest BCUT2D eigenvalue weighted by atomic mass is 10.1. The van der Waals surface area contributed by atoms with Crippen LogP contribution in [0.4, 0.5) is 0 Å². The van der Waals surface area contributed by atoms with Gasteiger partial charge < -0.3 is 19.3 Å². The van der Waals surface area contributed by atoms with Gasteiger partial charge in [0.25, 0.3) is 0 Å². The Morgan fingerprint density at radius 2 is 2.30 bits per heavy atom. The molecular weight excluding hydrogens is 136 g/mol. The van der Waals surface area contributed by atoms with Crippen LogP contribution in [-0.4, -0.2) is 43.4 Å². The fraction of sp³-hybridized carbons (Fsp3) is 1.00. The van der Waals surface area contributed by atoms with Crippen molar-refractivity contribution < 1.29 is 19.3 Å². The molecule has 2 rings (SSSR count). The molecule has 0 aromatic rings. The smallest absolute Gasteiger partial charge is 0.186 e. The van der Waals surface area contributed by atoms with E-state index < -0.39 is 6.10 Å². The second kappa shape index (κ2) is 2.17. The van der Waals surface area contributed by atoms with E-state index in [0.29, 0.717) is 6.61 Å². The minimum Gasteiger partial charge on any atom is -0.388 e. The fourth-order valence-electron chi connectivity index (χ4n) is 1.25. The van der Waals surface area contributed by atoms with Crippen LogP contribution in [0.3, 0.4) is 0 Å². The van der Waals surface area contributed by atoms with Gasteiger partial charge in [-0.15, -0.1) is 0 Å². The van der Waals surface area contributed by atoms with Crippen LogP contribution in [0.2, 0.25) is 0 Å². The van der Waals surface area contributed by atoms with Crippen molar-refractivity contribution in [1.29, 1.82) is 0 Å². The van der Waals surface area contributed by atoms with E-state index >= 15 is 0 Å². The molecule has 1 N–H and O–H groups in total. The first kappa shape index (κ1) is 6.54. The Kier molecular flexibility index (Phi) is 1.42. The number of aliphatic hydroxyl groups excluding tert-OH is 1. The second-order valence-corrected chi connectivity index (χ2v) is 2.57. The largest absolute Gasteiger partial charge is 0.388 e. The summed E-state index contributed by atoms with van der Waals surface area (Å²) < 4.78 is 15.1. The Morgan fingerprint density at radius 1 is 1.50 bits per heavy atom. The summed E-state index contributed by atoms with van der Waals surface area (Å²) in [5, 5.41) is 9.13. The monoisotopic (exact) mass is 146 g/mol. The van der Waals surface area contributed by atoms with Gasteiger partial charge in [-0.25, -0.2) is 0 Å². The highest BCUT2D eigenvalue weighted by Crippen LogP contribution is 2.34. The topological polar surface area (TPSA) is 51.2 Å². The molecule has 0 aromatic carbocycles. The Bertz CT molecular complexity index is 138. The number of aliphatic hydroxyl groups is 1. The quantitative estimate of drug-likeness (QED) is 0.488. The Labute approximate surface area is 58.7 Å². The van der Waals surface area contributed by atoms with Crippen molar-refractivity contribution in [2.45, 2.75) is 24.6 Å². The summed E-state index contributed by atoms with van der Waals surface area (Å²) in [6.45, 7) is 0.319. The zero-order valence-electron chi connectivity index (χ0n) is 5.69. The minimum atomic E-state index is -0.462. The van der Waals surface area contributed by atoms with Gasteiger partial charge in [0, 0.05) is 7.11 Å². The summed E-state index contributed by atoms with van der Waals surface area (Å²) in [6, 6.07) is 0. The van der Waals surface area contributed by atoms with Crippen molar-refractivity contribution in [2.24, 2.45) is 0 Å². The zero-order chi connectivity index (χ0) is 7.14. The van der Waals surface area contributed by atoms with Gasteiger partial charge in [0.1, 0.15) is 18.3 Å². The average Bonchev–Trinajstić information content (AvgIpc) is 2.68. The summed E-state index contributed by atoms with van der Waals surface area (Å²) in [4.78, 5) is 0. The maximum Gasteiger partial charge on any atom is 0.186 e. The van der Waals surface area contributed by atoms with Crippen molar-refractivity contribution in [2.75, 3.05) is 13.7 Å². The van der Waals surface area contributed by atoms with E-state index in [-0.39, 0.29) is 18.5 Å². The molecule has 4 atom stereocenters. The van der Waals surface area contributed by atoms with Crippen LogP contribution in [0.5, 0.6) is 0 Å². The number of fused-ring (bicyclic) bond motifs is 1. The molecule has 0 aliphatic carbocycles. The number of hydrogen-bond acceptors (Lipinski definition) is 4. The van der Waals surface area contributed by atoms with Crippen LogP contribution in [0, 0.1) is 0 Å². The summed E-state index contributed by atoms with van der Waals surface area (Å²) in [6.07, 6.45) is -0.808. The minimum absolute atomic E-state index is 0.0336. The van der Waals surface area contributed by atoms with Gasteiger partial charge in [-0.2, -0.15) is 0 Å². The van der Waals surface area contributed by atoms with E-state index in [1.807, 2.05) is 0 Å². The van der Waals surface area contributed by atoms with Gasteiger partial charge in [-0.3, -0.25) is 0 Å². The number of epoxide rings is 1. The van der Waals surface area contributed by atoms with Crippen molar-refractivity contribution >= 4 is 0 Å².